The molecule has 0 bridgehead atoms. The van der Waals surface area contributed by atoms with E-state index in [9.17, 15) is 9.59 Å². The molecule has 0 spiro atoms. The molecule has 124 valence electrons. The fourth-order valence-electron chi connectivity index (χ4n) is 2.95. The minimum atomic E-state index is -0.113. The van der Waals surface area contributed by atoms with E-state index in [1.165, 1.54) is 0 Å². The Balaban J connectivity index is 1.58. The number of nitrogens with zero attached hydrogens (tertiary/aromatic N) is 1. The molecule has 0 aliphatic carbocycles. The van der Waals surface area contributed by atoms with Crippen molar-refractivity contribution in [3.05, 3.63) is 29.8 Å². The smallest absolute Gasteiger partial charge is 0.254 e. The lowest BCUT2D eigenvalue weighted by atomic mass is 10.0. The molecule has 1 atom stereocenters. The van der Waals surface area contributed by atoms with E-state index in [0.29, 0.717) is 31.9 Å². The lowest BCUT2D eigenvalue weighted by molar-refractivity contribution is -0.118. The van der Waals surface area contributed by atoms with Crippen molar-refractivity contribution in [2.45, 2.75) is 25.3 Å². The van der Waals surface area contributed by atoms with Gasteiger partial charge in [0.2, 0.25) is 5.91 Å². The molecule has 2 heterocycles. The number of hydrogen-bond acceptors (Lipinski definition) is 4. The first-order chi connectivity index (χ1) is 11.2. The Hall–Kier alpha value is -1.92. The summed E-state index contributed by atoms with van der Waals surface area (Å²) < 4.78 is 5.26. The maximum Gasteiger partial charge on any atom is 0.254 e. The standard InChI is InChI=1S/C17H23N3O3/c21-16(15-3-1-2-8-18-15)19-14-6-4-13(5-7-14)17(22)20-9-11-23-12-10-20/h4-7,15,18H,1-3,8-12H2,(H,19,21). The second kappa shape index (κ2) is 7.57. The highest BCUT2D eigenvalue weighted by Crippen LogP contribution is 2.14. The van der Waals surface area contributed by atoms with Crippen LogP contribution in [0.1, 0.15) is 29.6 Å². The van der Waals surface area contributed by atoms with Crippen LogP contribution in [-0.2, 0) is 9.53 Å². The Morgan fingerprint density at radius 1 is 1.13 bits per heavy atom. The second-order valence-corrected chi connectivity index (χ2v) is 5.97. The van der Waals surface area contributed by atoms with E-state index >= 15 is 0 Å². The summed E-state index contributed by atoms with van der Waals surface area (Å²) in [4.78, 5) is 26.3. The summed E-state index contributed by atoms with van der Waals surface area (Å²) in [5.74, 6) is 0.0112. The van der Waals surface area contributed by atoms with Gasteiger partial charge in [0.25, 0.3) is 5.91 Å². The van der Waals surface area contributed by atoms with Gasteiger partial charge in [-0.15, -0.1) is 0 Å². The highest BCUT2D eigenvalue weighted by atomic mass is 16.5. The van der Waals surface area contributed by atoms with Crippen molar-refractivity contribution < 1.29 is 14.3 Å². The molecule has 2 N–H and O–H groups in total. The van der Waals surface area contributed by atoms with Crippen LogP contribution in [0.25, 0.3) is 0 Å². The second-order valence-electron chi connectivity index (χ2n) is 5.97. The van der Waals surface area contributed by atoms with Gasteiger partial charge in [0, 0.05) is 24.3 Å². The van der Waals surface area contributed by atoms with Gasteiger partial charge in [0.05, 0.1) is 19.3 Å². The molecule has 1 aromatic rings. The Bertz CT molecular complexity index is 547. The first-order valence-corrected chi connectivity index (χ1v) is 8.25. The first-order valence-electron chi connectivity index (χ1n) is 8.25. The first kappa shape index (κ1) is 16.0. The quantitative estimate of drug-likeness (QED) is 0.880. The number of rotatable bonds is 3. The summed E-state index contributed by atoms with van der Waals surface area (Å²) in [6.45, 7) is 3.34. The monoisotopic (exact) mass is 317 g/mol. The number of ether oxygens (including phenoxy) is 1. The number of carbonyl (C=O) groups excluding carboxylic acids is 2. The molecule has 2 saturated heterocycles. The molecule has 0 radical (unpaired) electrons. The van der Waals surface area contributed by atoms with Crippen LogP contribution < -0.4 is 10.6 Å². The number of anilines is 1. The van der Waals surface area contributed by atoms with E-state index < -0.39 is 0 Å². The molecular formula is C17H23N3O3. The predicted octanol–water partition coefficient (Wildman–Crippen LogP) is 1.24. The Labute approximate surface area is 136 Å². The minimum Gasteiger partial charge on any atom is -0.378 e. The number of morpholine rings is 1. The Morgan fingerprint density at radius 3 is 2.52 bits per heavy atom. The SMILES string of the molecule is O=C(Nc1ccc(C(=O)N2CCOCC2)cc1)C1CCCCN1. The third-order valence-electron chi connectivity index (χ3n) is 4.32. The molecule has 6 nitrogen and oxygen atoms in total. The van der Waals surface area contributed by atoms with Gasteiger partial charge in [-0.3, -0.25) is 9.59 Å². The molecule has 23 heavy (non-hydrogen) atoms. The highest BCUT2D eigenvalue weighted by molar-refractivity contribution is 5.97. The van der Waals surface area contributed by atoms with E-state index in [2.05, 4.69) is 10.6 Å². The maximum absolute atomic E-state index is 12.4. The van der Waals surface area contributed by atoms with Crippen LogP contribution in [-0.4, -0.2) is 55.6 Å². The number of benzene rings is 1. The van der Waals surface area contributed by atoms with Crippen molar-refractivity contribution >= 4 is 17.5 Å². The molecule has 3 rings (SSSR count). The molecule has 2 aliphatic heterocycles. The average Bonchev–Trinajstić information content (AvgIpc) is 2.63. The van der Waals surface area contributed by atoms with Crippen LogP contribution in [0.15, 0.2) is 24.3 Å². The van der Waals surface area contributed by atoms with Crippen LogP contribution in [0.4, 0.5) is 5.69 Å². The van der Waals surface area contributed by atoms with Gasteiger partial charge in [0.15, 0.2) is 0 Å². The van der Waals surface area contributed by atoms with Gasteiger partial charge >= 0.3 is 0 Å². The molecule has 2 aliphatic rings. The molecular weight excluding hydrogens is 294 g/mol. The zero-order chi connectivity index (χ0) is 16.1. The molecule has 0 saturated carbocycles. The van der Waals surface area contributed by atoms with E-state index in [0.717, 1.165) is 31.5 Å². The van der Waals surface area contributed by atoms with Gasteiger partial charge in [-0.1, -0.05) is 6.42 Å². The van der Waals surface area contributed by atoms with Gasteiger partial charge in [-0.25, -0.2) is 0 Å². The van der Waals surface area contributed by atoms with E-state index in [4.69, 9.17) is 4.74 Å². The number of carbonyl (C=O) groups is 2. The number of amides is 2. The number of hydrogen-bond donors (Lipinski definition) is 2. The topological polar surface area (TPSA) is 70.7 Å². The summed E-state index contributed by atoms with van der Waals surface area (Å²) in [5, 5.41) is 6.14. The summed E-state index contributed by atoms with van der Waals surface area (Å²) >= 11 is 0. The third-order valence-corrected chi connectivity index (χ3v) is 4.32. The van der Waals surface area contributed by atoms with Crippen LogP contribution in [0, 0.1) is 0 Å². The van der Waals surface area contributed by atoms with Crippen molar-refractivity contribution in [2.24, 2.45) is 0 Å². The predicted molar refractivity (Wildman–Crippen MR) is 87.4 cm³/mol. The zero-order valence-corrected chi connectivity index (χ0v) is 13.2. The Morgan fingerprint density at radius 2 is 1.87 bits per heavy atom. The van der Waals surface area contributed by atoms with Gasteiger partial charge in [0.1, 0.15) is 0 Å². The Kier molecular flexibility index (Phi) is 5.25. The third kappa shape index (κ3) is 4.09. The largest absolute Gasteiger partial charge is 0.378 e. The maximum atomic E-state index is 12.4. The molecule has 6 heteroatoms. The van der Waals surface area contributed by atoms with Crippen molar-refractivity contribution in [3.63, 3.8) is 0 Å². The van der Waals surface area contributed by atoms with Crippen LogP contribution in [0.3, 0.4) is 0 Å². The molecule has 0 aromatic heterocycles. The summed E-state index contributed by atoms with van der Waals surface area (Å²) in [6.07, 6.45) is 3.08. The van der Waals surface area contributed by atoms with Crippen molar-refractivity contribution in [1.82, 2.24) is 10.2 Å². The van der Waals surface area contributed by atoms with Crippen molar-refractivity contribution in [2.75, 3.05) is 38.2 Å². The van der Waals surface area contributed by atoms with Crippen molar-refractivity contribution in [1.29, 1.82) is 0 Å². The van der Waals surface area contributed by atoms with Gasteiger partial charge in [-0.05, 0) is 43.7 Å². The van der Waals surface area contributed by atoms with Crippen molar-refractivity contribution in [3.8, 4) is 0 Å². The number of piperidine rings is 1. The normalized spacial score (nSPS) is 21.7. The summed E-state index contributed by atoms with van der Waals surface area (Å²) in [7, 11) is 0. The van der Waals surface area contributed by atoms with Gasteiger partial charge < -0.3 is 20.3 Å². The molecule has 2 amide bonds. The number of nitrogens with one attached hydrogen (secondary N) is 2. The zero-order valence-electron chi connectivity index (χ0n) is 13.2. The molecule has 1 aromatic carbocycles. The fourth-order valence-corrected chi connectivity index (χ4v) is 2.95. The van der Waals surface area contributed by atoms with Crippen LogP contribution in [0.5, 0.6) is 0 Å². The average molecular weight is 317 g/mol. The minimum absolute atomic E-state index is 0.00282. The fraction of sp³-hybridized carbons (Fsp3) is 0.529. The van der Waals surface area contributed by atoms with E-state index in [1.807, 2.05) is 0 Å². The van der Waals surface area contributed by atoms with E-state index in [-0.39, 0.29) is 17.9 Å². The van der Waals surface area contributed by atoms with Crippen LogP contribution >= 0.6 is 0 Å². The lowest BCUT2D eigenvalue weighted by Crippen LogP contribution is -2.43. The van der Waals surface area contributed by atoms with Gasteiger partial charge in [-0.2, -0.15) is 0 Å². The summed E-state index contributed by atoms with van der Waals surface area (Å²) in [5.41, 5.74) is 1.36. The molecule has 1 unspecified atom stereocenters. The highest BCUT2D eigenvalue weighted by Gasteiger charge is 2.21. The molecule has 2 fully saturated rings. The lowest BCUT2D eigenvalue weighted by Gasteiger charge is -2.27. The summed E-state index contributed by atoms with van der Waals surface area (Å²) in [6, 6.07) is 6.99. The van der Waals surface area contributed by atoms with E-state index in [1.54, 1.807) is 29.2 Å². The van der Waals surface area contributed by atoms with Crippen LogP contribution in [0.2, 0.25) is 0 Å².